The minimum Gasteiger partial charge on any atom is -0.388 e. The molecule has 1 N–H and O–H groups in total. The maximum Gasteiger partial charge on any atom is 0.460 e. The smallest absolute Gasteiger partial charge is 0.388 e. The van der Waals surface area contributed by atoms with Crippen LogP contribution in [0.4, 0.5) is 65.9 Å². The summed E-state index contributed by atoms with van der Waals surface area (Å²) in [7, 11) is 0. The number of hydrogen-bond acceptors (Lipinski definition) is 1. The standard InChI is InChI=1S/C15H8ClF15O/c16-7-4-2-1-3-6(7)8(32)5-9(17,18)10(19,20)11(21,22)12(23,24)13(25,26)14(27,28)15(29,30)31/h1-4,8,32H,5H2. The molecule has 0 aliphatic rings. The lowest BCUT2D eigenvalue weighted by atomic mass is 9.88. The Hall–Kier alpha value is -1.58. The van der Waals surface area contributed by atoms with Gasteiger partial charge in [-0.1, -0.05) is 29.8 Å². The summed E-state index contributed by atoms with van der Waals surface area (Å²) in [5, 5.41) is 8.90. The van der Waals surface area contributed by atoms with Gasteiger partial charge in [0.1, 0.15) is 0 Å². The Labute approximate surface area is 172 Å². The summed E-state index contributed by atoms with van der Waals surface area (Å²) in [6, 6.07) is 3.64. The van der Waals surface area contributed by atoms with Crippen molar-refractivity contribution in [3.8, 4) is 0 Å². The van der Waals surface area contributed by atoms with Crippen LogP contribution in [-0.4, -0.2) is 46.8 Å². The number of benzene rings is 1. The Kier molecular flexibility index (Phi) is 7.13. The van der Waals surface area contributed by atoms with E-state index in [-0.39, 0.29) is 0 Å². The largest absolute Gasteiger partial charge is 0.460 e. The van der Waals surface area contributed by atoms with E-state index in [9.17, 15) is 71.0 Å². The monoisotopic (exact) mass is 524 g/mol. The molecule has 17 heteroatoms. The van der Waals surface area contributed by atoms with Gasteiger partial charge < -0.3 is 5.11 Å². The normalized spacial score (nSPS) is 16.3. The molecule has 1 aromatic carbocycles. The van der Waals surface area contributed by atoms with E-state index in [0.717, 1.165) is 18.2 Å². The summed E-state index contributed by atoms with van der Waals surface area (Å²) >= 11 is 5.43. The molecule has 1 aromatic rings. The molecule has 0 aliphatic heterocycles. The highest BCUT2D eigenvalue weighted by molar-refractivity contribution is 6.31. The summed E-state index contributed by atoms with van der Waals surface area (Å²) in [4.78, 5) is 0. The molecule has 0 radical (unpaired) electrons. The number of alkyl halides is 15. The first kappa shape index (κ1) is 28.5. The zero-order valence-corrected chi connectivity index (χ0v) is 15.3. The maximum atomic E-state index is 13.8. The molecule has 0 fully saturated rings. The highest BCUT2D eigenvalue weighted by Gasteiger charge is 2.93. The first-order valence-corrected chi connectivity index (χ1v) is 8.04. The van der Waals surface area contributed by atoms with E-state index < -0.39 is 64.8 Å². The van der Waals surface area contributed by atoms with Crippen LogP contribution in [0.1, 0.15) is 18.1 Å². The first-order chi connectivity index (χ1) is 13.9. The van der Waals surface area contributed by atoms with Crippen LogP contribution in [-0.2, 0) is 0 Å². The van der Waals surface area contributed by atoms with Crippen molar-refractivity contribution in [2.45, 2.75) is 54.2 Å². The Morgan fingerprint density at radius 3 is 1.41 bits per heavy atom. The molecular formula is C15H8ClF15O. The van der Waals surface area contributed by atoms with Crippen molar-refractivity contribution in [1.29, 1.82) is 0 Å². The molecule has 0 saturated carbocycles. The van der Waals surface area contributed by atoms with E-state index in [1.165, 1.54) is 0 Å². The van der Waals surface area contributed by atoms with Crippen LogP contribution >= 0.6 is 11.6 Å². The lowest BCUT2D eigenvalue weighted by Gasteiger charge is -2.41. The van der Waals surface area contributed by atoms with E-state index in [0.29, 0.717) is 6.07 Å². The predicted molar refractivity (Wildman–Crippen MR) is 76.8 cm³/mol. The van der Waals surface area contributed by atoms with Crippen LogP contribution in [0.25, 0.3) is 0 Å². The lowest BCUT2D eigenvalue weighted by molar-refractivity contribution is -0.453. The fourth-order valence-corrected chi connectivity index (χ4v) is 2.49. The molecule has 1 atom stereocenters. The summed E-state index contributed by atoms with van der Waals surface area (Å²) in [5.41, 5.74) is -0.839. The van der Waals surface area contributed by atoms with E-state index in [1.54, 1.807) is 0 Å². The molecule has 1 nitrogen and oxygen atoms in total. The Bertz CT molecular complexity index is 817. The average molecular weight is 525 g/mol. The molecule has 0 aromatic heterocycles. The minimum absolute atomic E-state index is 0.618. The molecule has 32 heavy (non-hydrogen) atoms. The van der Waals surface area contributed by atoms with E-state index in [4.69, 9.17) is 11.6 Å². The van der Waals surface area contributed by atoms with Crippen LogP contribution in [0.15, 0.2) is 24.3 Å². The molecule has 0 saturated heterocycles. The second-order valence-corrected chi connectivity index (χ2v) is 6.72. The van der Waals surface area contributed by atoms with Gasteiger partial charge in [0.25, 0.3) is 0 Å². The van der Waals surface area contributed by atoms with Gasteiger partial charge in [-0.15, -0.1) is 0 Å². The van der Waals surface area contributed by atoms with Gasteiger partial charge in [-0.05, 0) is 11.6 Å². The van der Waals surface area contributed by atoms with Gasteiger partial charge >= 0.3 is 41.7 Å². The van der Waals surface area contributed by atoms with Gasteiger partial charge in [0.2, 0.25) is 0 Å². The lowest BCUT2D eigenvalue weighted by Crippen LogP contribution is -2.72. The zero-order valence-electron chi connectivity index (χ0n) is 14.6. The van der Waals surface area contributed by atoms with Crippen molar-refractivity contribution >= 4 is 11.6 Å². The third-order valence-electron chi connectivity index (χ3n) is 4.11. The van der Waals surface area contributed by atoms with E-state index in [1.807, 2.05) is 0 Å². The van der Waals surface area contributed by atoms with Gasteiger partial charge in [0.15, 0.2) is 0 Å². The van der Waals surface area contributed by atoms with Crippen LogP contribution in [0.3, 0.4) is 0 Å². The average Bonchev–Trinajstić information content (AvgIpc) is 2.59. The number of aliphatic hydroxyl groups excluding tert-OH is 1. The van der Waals surface area contributed by atoms with Gasteiger partial charge in [-0.2, -0.15) is 65.9 Å². The summed E-state index contributed by atoms with van der Waals surface area (Å²) in [5.74, 6) is -47.1. The summed E-state index contributed by atoms with van der Waals surface area (Å²) in [6.07, 6.45) is -13.5. The van der Waals surface area contributed by atoms with Crippen molar-refractivity contribution in [3.05, 3.63) is 34.9 Å². The molecule has 0 heterocycles. The summed E-state index contributed by atoms with van der Waals surface area (Å²) in [6.45, 7) is 0. The van der Waals surface area contributed by atoms with Crippen molar-refractivity contribution in [3.63, 3.8) is 0 Å². The zero-order chi connectivity index (χ0) is 25.8. The first-order valence-electron chi connectivity index (χ1n) is 7.66. The van der Waals surface area contributed by atoms with Gasteiger partial charge in [-0.25, -0.2) is 0 Å². The third kappa shape index (κ3) is 4.07. The second kappa shape index (κ2) is 8.02. The molecular weight excluding hydrogens is 517 g/mol. The Morgan fingerprint density at radius 2 is 1.00 bits per heavy atom. The molecule has 186 valence electrons. The SMILES string of the molecule is OC(CC(F)(F)C(F)(F)C(F)(F)C(F)(F)C(F)(F)C(F)(F)C(F)(F)F)c1ccccc1Cl. The van der Waals surface area contributed by atoms with Gasteiger partial charge in [-0.3, -0.25) is 0 Å². The van der Waals surface area contributed by atoms with Crippen LogP contribution < -0.4 is 0 Å². The Balaban J connectivity index is 3.47. The minimum atomic E-state index is -8.36. The number of rotatable bonds is 8. The maximum absolute atomic E-state index is 13.8. The quantitative estimate of drug-likeness (QED) is 0.359. The van der Waals surface area contributed by atoms with Crippen molar-refractivity contribution in [1.82, 2.24) is 0 Å². The van der Waals surface area contributed by atoms with Crippen molar-refractivity contribution < 1.29 is 71.0 Å². The van der Waals surface area contributed by atoms with Crippen molar-refractivity contribution in [2.24, 2.45) is 0 Å². The fourth-order valence-electron chi connectivity index (χ4n) is 2.23. The number of aliphatic hydroxyl groups is 1. The highest BCUT2D eigenvalue weighted by atomic mass is 35.5. The molecule has 0 bridgehead atoms. The highest BCUT2D eigenvalue weighted by Crippen LogP contribution is 2.63. The fraction of sp³-hybridized carbons (Fsp3) is 0.600. The summed E-state index contributed by atoms with van der Waals surface area (Å²) < 4.78 is 196. The topological polar surface area (TPSA) is 20.2 Å². The number of hydrogen-bond donors (Lipinski definition) is 1. The van der Waals surface area contributed by atoms with Crippen LogP contribution in [0, 0.1) is 0 Å². The molecule has 0 spiro atoms. The van der Waals surface area contributed by atoms with E-state index >= 15 is 0 Å². The van der Waals surface area contributed by atoms with Crippen LogP contribution in [0.2, 0.25) is 5.02 Å². The predicted octanol–water partition coefficient (Wildman–Crippen LogP) is 7.14. The van der Waals surface area contributed by atoms with Crippen molar-refractivity contribution in [2.75, 3.05) is 0 Å². The van der Waals surface area contributed by atoms with Crippen LogP contribution in [0.5, 0.6) is 0 Å². The number of halogens is 16. The second-order valence-electron chi connectivity index (χ2n) is 6.32. The van der Waals surface area contributed by atoms with E-state index in [2.05, 4.69) is 0 Å². The Morgan fingerprint density at radius 1 is 0.625 bits per heavy atom. The third-order valence-corrected chi connectivity index (χ3v) is 4.45. The van der Waals surface area contributed by atoms with Gasteiger partial charge in [0, 0.05) is 11.4 Å². The van der Waals surface area contributed by atoms with Gasteiger partial charge in [0.05, 0.1) is 6.10 Å². The molecule has 0 aliphatic carbocycles. The molecule has 1 rings (SSSR count). The molecule has 1 unspecified atom stereocenters. The molecule has 0 amide bonds.